The van der Waals surface area contributed by atoms with E-state index in [1.54, 1.807) is 6.92 Å². The third-order valence-corrected chi connectivity index (χ3v) is 8.22. The zero-order valence-electron chi connectivity index (χ0n) is 24.4. The number of benzene rings is 2. The maximum Gasteiger partial charge on any atom is 0.259 e. The lowest BCUT2D eigenvalue weighted by Crippen LogP contribution is -2.40. The van der Waals surface area contributed by atoms with Gasteiger partial charge < -0.3 is 9.84 Å². The first-order chi connectivity index (χ1) is 19.7. The topological polar surface area (TPSA) is 105 Å². The summed E-state index contributed by atoms with van der Waals surface area (Å²) in [4.78, 5) is 19.0. The van der Waals surface area contributed by atoms with E-state index in [0.29, 0.717) is 30.2 Å². The molecule has 1 N–H and O–H groups in total. The molecule has 0 aliphatic heterocycles. The molecule has 0 saturated heterocycles. The van der Waals surface area contributed by atoms with Crippen LogP contribution in [0.1, 0.15) is 87.1 Å². The van der Waals surface area contributed by atoms with E-state index in [0.717, 1.165) is 66.5 Å². The zero-order chi connectivity index (χ0) is 29.1. The van der Waals surface area contributed by atoms with Crippen molar-refractivity contribution in [3.05, 3.63) is 87.1 Å². The van der Waals surface area contributed by atoms with Crippen LogP contribution in [0.5, 0.6) is 0 Å². The summed E-state index contributed by atoms with van der Waals surface area (Å²) in [6.07, 6.45) is 4.78. The lowest BCUT2D eigenvalue weighted by atomic mass is 9.83. The molecule has 0 radical (unpaired) electrons. The van der Waals surface area contributed by atoms with Crippen LogP contribution in [0.4, 0.5) is 0 Å². The van der Waals surface area contributed by atoms with Crippen molar-refractivity contribution >= 4 is 5.78 Å². The summed E-state index contributed by atoms with van der Waals surface area (Å²) in [5, 5.41) is 24.0. The number of aromatic nitrogens is 4. The summed E-state index contributed by atoms with van der Waals surface area (Å²) in [6, 6.07) is 18.0. The Hall–Kier alpha value is -3.80. The number of nitriles is 1. The summed E-state index contributed by atoms with van der Waals surface area (Å²) >= 11 is 0. The molecule has 4 aromatic rings. The number of ether oxygens (including phenoxy) is 1. The van der Waals surface area contributed by atoms with Gasteiger partial charge in [-0.2, -0.15) is 15.3 Å². The van der Waals surface area contributed by atoms with Crippen molar-refractivity contribution in [2.45, 2.75) is 90.4 Å². The van der Waals surface area contributed by atoms with E-state index >= 15 is 0 Å². The van der Waals surface area contributed by atoms with Crippen molar-refractivity contribution in [1.29, 1.82) is 5.26 Å². The second-order valence-electron chi connectivity index (χ2n) is 11.6. The van der Waals surface area contributed by atoms with Crippen molar-refractivity contribution in [3.8, 4) is 17.2 Å². The Balaban J connectivity index is 1.51. The monoisotopic (exact) mass is 553 g/mol. The van der Waals surface area contributed by atoms with Gasteiger partial charge in [-0.1, -0.05) is 55.8 Å². The Kier molecular flexibility index (Phi) is 8.39. The molecule has 41 heavy (non-hydrogen) atoms. The van der Waals surface area contributed by atoms with Crippen LogP contribution >= 0.6 is 0 Å². The molecule has 2 aromatic carbocycles. The van der Waals surface area contributed by atoms with Crippen molar-refractivity contribution < 1.29 is 9.84 Å². The van der Waals surface area contributed by atoms with E-state index in [2.05, 4.69) is 19.9 Å². The molecular weight excluding hydrogens is 514 g/mol. The molecule has 0 amide bonds. The van der Waals surface area contributed by atoms with E-state index in [4.69, 9.17) is 14.8 Å². The number of aryl methyl sites for hydroxylation is 2. The Morgan fingerprint density at radius 3 is 2.54 bits per heavy atom. The van der Waals surface area contributed by atoms with Gasteiger partial charge in [0.15, 0.2) is 0 Å². The predicted molar refractivity (Wildman–Crippen MR) is 159 cm³/mol. The standard InChI is InChI=1S/C33H39N5O3/c1-5-8-30-29(19-24-11-13-25(14-12-24)28-10-7-6-9-26(28)20-34)31(40)37(32-35-23(3)36-38(30)32)27-15-17-33(4,18-16-27)41-21-22(2)39/h6-7,9-14,22,27,39H,5,8,15-19,21H2,1-4H3/t22?,27-,33-. The minimum absolute atomic E-state index is 0.00360. The highest BCUT2D eigenvalue weighted by molar-refractivity contribution is 5.70. The van der Waals surface area contributed by atoms with Crippen molar-refractivity contribution in [2.75, 3.05) is 6.61 Å². The van der Waals surface area contributed by atoms with Gasteiger partial charge in [-0.15, -0.1) is 0 Å². The highest BCUT2D eigenvalue weighted by atomic mass is 16.5. The number of hydrogen-bond donors (Lipinski definition) is 1. The lowest BCUT2D eigenvalue weighted by molar-refractivity contribution is -0.0894. The molecule has 1 aliphatic rings. The molecule has 0 spiro atoms. The molecule has 1 aliphatic carbocycles. The van der Waals surface area contributed by atoms with Crippen LogP contribution < -0.4 is 5.56 Å². The van der Waals surface area contributed by atoms with Crippen LogP contribution in [0.15, 0.2) is 53.3 Å². The van der Waals surface area contributed by atoms with Gasteiger partial charge in [0.2, 0.25) is 5.78 Å². The maximum atomic E-state index is 14.3. The van der Waals surface area contributed by atoms with E-state index in [1.807, 2.05) is 64.5 Å². The van der Waals surface area contributed by atoms with E-state index in [9.17, 15) is 15.2 Å². The number of hydrogen-bond acceptors (Lipinski definition) is 6. The van der Waals surface area contributed by atoms with Gasteiger partial charge in [0, 0.05) is 18.0 Å². The second-order valence-corrected chi connectivity index (χ2v) is 11.6. The van der Waals surface area contributed by atoms with Crippen LogP contribution in [0.2, 0.25) is 0 Å². The van der Waals surface area contributed by atoms with Gasteiger partial charge in [0.1, 0.15) is 5.82 Å². The van der Waals surface area contributed by atoms with Crippen LogP contribution in [0, 0.1) is 18.3 Å². The largest absolute Gasteiger partial charge is 0.391 e. The summed E-state index contributed by atoms with van der Waals surface area (Å²) in [5.74, 6) is 1.26. The smallest absolute Gasteiger partial charge is 0.259 e. The highest BCUT2D eigenvalue weighted by Gasteiger charge is 2.35. The number of rotatable bonds is 9. The Morgan fingerprint density at radius 2 is 1.88 bits per heavy atom. The third kappa shape index (κ3) is 5.97. The predicted octanol–water partition coefficient (Wildman–Crippen LogP) is 5.55. The van der Waals surface area contributed by atoms with E-state index in [1.165, 1.54) is 0 Å². The lowest BCUT2D eigenvalue weighted by Gasteiger charge is -2.38. The minimum Gasteiger partial charge on any atom is -0.391 e. The molecule has 0 bridgehead atoms. The first kappa shape index (κ1) is 28.7. The van der Waals surface area contributed by atoms with Crippen molar-refractivity contribution in [2.24, 2.45) is 0 Å². The van der Waals surface area contributed by atoms with Crippen LogP contribution in [-0.2, 0) is 17.6 Å². The number of fused-ring (bicyclic) bond motifs is 1. The number of aliphatic hydroxyl groups excluding tert-OH is 1. The highest BCUT2D eigenvalue weighted by Crippen LogP contribution is 2.37. The summed E-state index contributed by atoms with van der Waals surface area (Å²) in [5.41, 5.74) is 4.92. The molecule has 2 heterocycles. The summed E-state index contributed by atoms with van der Waals surface area (Å²) in [6.45, 7) is 8.13. The van der Waals surface area contributed by atoms with Gasteiger partial charge in [0.05, 0.1) is 35.6 Å². The van der Waals surface area contributed by atoms with Gasteiger partial charge >= 0.3 is 0 Å². The van der Waals surface area contributed by atoms with E-state index < -0.39 is 6.10 Å². The van der Waals surface area contributed by atoms with Gasteiger partial charge in [-0.25, -0.2) is 4.52 Å². The SMILES string of the molecule is CCCc1c(Cc2ccc(-c3ccccc3C#N)cc2)c(=O)n([C@H]2CC[C@](C)(OCC(C)O)CC2)c2nc(C)nn12. The second kappa shape index (κ2) is 12.0. The zero-order valence-corrected chi connectivity index (χ0v) is 24.4. The average Bonchev–Trinajstić information content (AvgIpc) is 3.36. The maximum absolute atomic E-state index is 14.3. The third-order valence-electron chi connectivity index (χ3n) is 8.22. The fraction of sp³-hybridized carbons (Fsp3) is 0.455. The quantitative estimate of drug-likeness (QED) is 0.291. The van der Waals surface area contributed by atoms with E-state index in [-0.39, 0.29) is 17.2 Å². The molecule has 1 saturated carbocycles. The first-order valence-electron chi connectivity index (χ1n) is 14.6. The normalized spacial score (nSPS) is 19.8. The van der Waals surface area contributed by atoms with Gasteiger partial charge in [-0.05, 0) is 75.6 Å². The first-order valence-corrected chi connectivity index (χ1v) is 14.6. The molecule has 1 unspecified atom stereocenters. The minimum atomic E-state index is -0.505. The molecule has 214 valence electrons. The molecule has 1 atom stereocenters. The molecule has 8 nitrogen and oxygen atoms in total. The van der Waals surface area contributed by atoms with Crippen molar-refractivity contribution in [1.82, 2.24) is 19.2 Å². The summed E-state index contributed by atoms with van der Waals surface area (Å²) < 4.78 is 9.83. The fourth-order valence-electron chi connectivity index (χ4n) is 6.00. The number of nitrogens with zero attached hydrogens (tertiary/aromatic N) is 5. The Bertz CT molecular complexity index is 1620. The number of aliphatic hydroxyl groups is 1. The average molecular weight is 554 g/mol. The van der Waals surface area contributed by atoms with Crippen LogP contribution in [0.3, 0.4) is 0 Å². The fourth-order valence-corrected chi connectivity index (χ4v) is 6.00. The Morgan fingerprint density at radius 1 is 1.17 bits per heavy atom. The molecule has 5 rings (SSSR count). The summed E-state index contributed by atoms with van der Waals surface area (Å²) in [7, 11) is 0. The molecule has 2 aromatic heterocycles. The van der Waals surface area contributed by atoms with Crippen LogP contribution in [-0.4, -0.2) is 42.6 Å². The van der Waals surface area contributed by atoms with Gasteiger partial charge in [0.25, 0.3) is 5.56 Å². The molecular formula is C33H39N5O3. The molecule has 1 fully saturated rings. The molecule has 8 heteroatoms. The Labute approximate surface area is 241 Å². The van der Waals surface area contributed by atoms with Gasteiger partial charge in [-0.3, -0.25) is 9.36 Å². The van der Waals surface area contributed by atoms with Crippen LogP contribution in [0.25, 0.3) is 16.9 Å². The van der Waals surface area contributed by atoms with Crippen molar-refractivity contribution in [3.63, 3.8) is 0 Å².